The fourth-order valence-electron chi connectivity index (χ4n) is 2.75. The summed E-state index contributed by atoms with van der Waals surface area (Å²) in [5.74, 6) is -0.213. The van der Waals surface area contributed by atoms with Gasteiger partial charge in [0.1, 0.15) is 0 Å². The molecule has 0 aliphatic rings. The predicted molar refractivity (Wildman–Crippen MR) is 114 cm³/mol. The fourth-order valence-corrected chi connectivity index (χ4v) is 3.81. The Kier molecular flexibility index (Phi) is 6.51. The van der Waals surface area contributed by atoms with Crippen molar-refractivity contribution in [3.8, 4) is 0 Å². The number of hydrogen-bond donors (Lipinski definition) is 1. The van der Waals surface area contributed by atoms with Crippen molar-refractivity contribution in [2.45, 2.75) is 13.1 Å². The molecule has 1 aromatic heterocycles. The molecule has 1 N–H and O–H groups in total. The van der Waals surface area contributed by atoms with Crippen molar-refractivity contribution in [1.29, 1.82) is 0 Å². The van der Waals surface area contributed by atoms with Crippen molar-refractivity contribution in [3.63, 3.8) is 0 Å². The lowest BCUT2D eigenvalue weighted by molar-refractivity contribution is 0.0951. The van der Waals surface area contributed by atoms with Crippen LogP contribution in [0.5, 0.6) is 0 Å². The Morgan fingerprint density at radius 2 is 1.83 bits per heavy atom. The fraction of sp³-hybridized carbons (Fsp3) is 0.143. The summed E-state index contributed by atoms with van der Waals surface area (Å²) in [5, 5.41) is 3.29. The Balaban J connectivity index is 1.70. The highest BCUT2D eigenvalue weighted by atomic mass is 35.5. The molecule has 0 bridgehead atoms. The van der Waals surface area contributed by atoms with Crippen molar-refractivity contribution < 1.29 is 13.2 Å². The second-order valence-corrected chi connectivity index (χ2v) is 8.83. The Bertz CT molecular complexity index is 1090. The summed E-state index contributed by atoms with van der Waals surface area (Å²) in [6.07, 6.45) is 4.51. The van der Waals surface area contributed by atoms with E-state index in [9.17, 15) is 13.2 Å². The maximum atomic E-state index is 12.3. The molecule has 0 saturated heterocycles. The van der Waals surface area contributed by atoms with Crippen LogP contribution in [-0.4, -0.2) is 25.6 Å². The van der Waals surface area contributed by atoms with E-state index in [0.29, 0.717) is 22.8 Å². The molecule has 0 radical (unpaired) electrons. The summed E-state index contributed by atoms with van der Waals surface area (Å²) >= 11 is 6.00. The Morgan fingerprint density at radius 1 is 1.07 bits per heavy atom. The van der Waals surface area contributed by atoms with Gasteiger partial charge in [-0.1, -0.05) is 35.9 Å². The largest absolute Gasteiger partial charge is 0.348 e. The normalized spacial score (nSPS) is 11.1. The number of nitrogens with one attached hydrogen (secondary N) is 1. The summed E-state index contributed by atoms with van der Waals surface area (Å²) < 4.78 is 25.8. The van der Waals surface area contributed by atoms with Crippen LogP contribution >= 0.6 is 11.6 Å². The first-order chi connectivity index (χ1) is 13.8. The first-order valence-corrected chi connectivity index (χ1v) is 11.0. The van der Waals surface area contributed by atoms with Crippen molar-refractivity contribution in [2.75, 3.05) is 10.6 Å². The molecular weight excluding hydrogens is 410 g/mol. The highest BCUT2D eigenvalue weighted by molar-refractivity contribution is 7.92. The standard InChI is InChI=1S/C21H20ClN3O3S/c1-29(27,28)25(20-6-2-5-19(22)12-20)15-16-7-9-18(10-8-16)21(26)24-14-17-4-3-11-23-13-17/h2-13H,14-15H2,1H3,(H,24,26). The zero-order valence-corrected chi connectivity index (χ0v) is 17.3. The van der Waals surface area contributed by atoms with Crippen LogP contribution in [0, 0.1) is 0 Å². The van der Waals surface area contributed by atoms with Gasteiger partial charge >= 0.3 is 0 Å². The number of aromatic nitrogens is 1. The summed E-state index contributed by atoms with van der Waals surface area (Å²) in [5.41, 5.74) is 2.63. The summed E-state index contributed by atoms with van der Waals surface area (Å²) in [7, 11) is -3.51. The Hall–Kier alpha value is -2.90. The van der Waals surface area contributed by atoms with Crippen molar-refractivity contribution in [1.82, 2.24) is 10.3 Å². The molecule has 0 aliphatic heterocycles. The van der Waals surface area contributed by atoms with E-state index in [2.05, 4.69) is 10.3 Å². The molecule has 0 atom stereocenters. The van der Waals surface area contributed by atoms with E-state index in [1.165, 1.54) is 4.31 Å². The number of hydrogen-bond acceptors (Lipinski definition) is 4. The van der Waals surface area contributed by atoms with Crippen LogP contribution in [0.15, 0.2) is 73.1 Å². The van der Waals surface area contributed by atoms with Gasteiger partial charge < -0.3 is 5.32 Å². The number of amides is 1. The molecule has 0 aliphatic carbocycles. The maximum absolute atomic E-state index is 12.3. The van der Waals surface area contributed by atoms with Gasteiger partial charge in [0.15, 0.2) is 0 Å². The maximum Gasteiger partial charge on any atom is 0.251 e. The quantitative estimate of drug-likeness (QED) is 0.622. The van der Waals surface area contributed by atoms with Gasteiger partial charge in [0.05, 0.1) is 18.5 Å². The number of carbonyl (C=O) groups excluding carboxylic acids is 1. The molecule has 6 nitrogen and oxygen atoms in total. The molecule has 1 amide bonds. The van der Waals surface area contributed by atoms with Gasteiger partial charge in [-0.3, -0.25) is 14.1 Å². The SMILES string of the molecule is CS(=O)(=O)N(Cc1ccc(C(=O)NCc2cccnc2)cc1)c1cccc(Cl)c1. The van der Waals surface area contributed by atoms with E-state index in [0.717, 1.165) is 17.4 Å². The van der Waals surface area contributed by atoms with Crippen molar-refractivity contribution in [2.24, 2.45) is 0 Å². The van der Waals surface area contributed by atoms with Gasteiger partial charge in [-0.15, -0.1) is 0 Å². The van der Waals surface area contributed by atoms with Gasteiger partial charge in [-0.25, -0.2) is 8.42 Å². The van der Waals surface area contributed by atoms with E-state index in [-0.39, 0.29) is 12.5 Å². The molecule has 150 valence electrons. The molecule has 2 aromatic carbocycles. The first kappa shape index (κ1) is 20.8. The minimum absolute atomic E-state index is 0.136. The second-order valence-electron chi connectivity index (χ2n) is 6.49. The van der Waals surface area contributed by atoms with Crippen LogP contribution in [0.3, 0.4) is 0 Å². The van der Waals surface area contributed by atoms with Gasteiger partial charge in [0.25, 0.3) is 5.91 Å². The van der Waals surface area contributed by atoms with Gasteiger partial charge in [0.2, 0.25) is 10.0 Å². The van der Waals surface area contributed by atoms with Crippen molar-refractivity contribution >= 4 is 33.2 Å². The second kappa shape index (κ2) is 9.07. The molecule has 0 fully saturated rings. The molecule has 3 aromatic rings. The highest BCUT2D eigenvalue weighted by Gasteiger charge is 2.18. The predicted octanol–water partition coefficient (Wildman–Crippen LogP) is 3.63. The lowest BCUT2D eigenvalue weighted by Gasteiger charge is -2.22. The monoisotopic (exact) mass is 429 g/mol. The topological polar surface area (TPSA) is 79.4 Å². The van der Waals surface area contributed by atoms with Crippen molar-refractivity contribution in [3.05, 3.63) is 94.8 Å². The average Bonchev–Trinajstić information content (AvgIpc) is 2.70. The van der Waals surface area contributed by atoms with E-state index >= 15 is 0 Å². The third kappa shape index (κ3) is 5.79. The molecular formula is C21H20ClN3O3S. The van der Waals surface area contributed by atoms with E-state index in [1.807, 2.05) is 12.1 Å². The molecule has 29 heavy (non-hydrogen) atoms. The third-order valence-electron chi connectivity index (χ3n) is 4.21. The Morgan fingerprint density at radius 3 is 2.45 bits per heavy atom. The summed E-state index contributed by atoms with van der Waals surface area (Å²) in [6, 6.07) is 17.2. The van der Waals surface area contributed by atoms with E-state index < -0.39 is 10.0 Å². The van der Waals surface area contributed by atoms with Gasteiger partial charge in [-0.05, 0) is 47.5 Å². The van der Waals surface area contributed by atoms with Crippen LogP contribution in [-0.2, 0) is 23.1 Å². The van der Waals surface area contributed by atoms with E-state index in [1.54, 1.807) is 60.9 Å². The molecule has 8 heteroatoms. The number of benzene rings is 2. The van der Waals surface area contributed by atoms with Crippen LogP contribution in [0.1, 0.15) is 21.5 Å². The third-order valence-corrected chi connectivity index (χ3v) is 5.59. The minimum atomic E-state index is -3.51. The number of pyridine rings is 1. The van der Waals surface area contributed by atoms with Gasteiger partial charge in [-0.2, -0.15) is 0 Å². The molecule has 3 rings (SSSR count). The number of nitrogens with zero attached hydrogens (tertiary/aromatic N) is 2. The summed E-state index contributed by atoms with van der Waals surface area (Å²) in [6.45, 7) is 0.516. The van der Waals surface area contributed by atoms with E-state index in [4.69, 9.17) is 11.6 Å². The number of halogens is 1. The number of sulfonamides is 1. The number of carbonyl (C=O) groups is 1. The summed E-state index contributed by atoms with van der Waals surface area (Å²) in [4.78, 5) is 16.3. The van der Waals surface area contributed by atoms with Gasteiger partial charge in [0, 0.05) is 29.5 Å². The first-order valence-electron chi connectivity index (χ1n) is 8.82. The molecule has 0 saturated carbocycles. The molecule has 0 spiro atoms. The van der Waals surface area contributed by atoms with Crippen LogP contribution in [0.2, 0.25) is 5.02 Å². The zero-order chi connectivity index (χ0) is 20.9. The lowest BCUT2D eigenvalue weighted by atomic mass is 10.1. The average molecular weight is 430 g/mol. The van der Waals surface area contributed by atoms with Crippen LogP contribution in [0.4, 0.5) is 5.69 Å². The highest BCUT2D eigenvalue weighted by Crippen LogP contribution is 2.24. The number of anilines is 1. The van der Waals surface area contributed by atoms with Crippen LogP contribution in [0.25, 0.3) is 0 Å². The Labute approximate surface area is 175 Å². The minimum Gasteiger partial charge on any atom is -0.348 e. The molecule has 0 unspecified atom stereocenters. The number of rotatable bonds is 7. The lowest BCUT2D eigenvalue weighted by Crippen LogP contribution is -2.29. The van der Waals surface area contributed by atoms with Crippen LogP contribution < -0.4 is 9.62 Å². The smallest absolute Gasteiger partial charge is 0.251 e. The molecule has 1 heterocycles. The zero-order valence-electron chi connectivity index (χ0n) is 15.7.